The summed E-state index contributed by atoms with van der Waals surface area (Å²) in [6, 6.07) is 58.8. The number of fused-ring (bicyclic) bond motifs is 6. The summed E-state index contributed by atoms with van der Waals surface area (Å²) in [4.78, 5) is 4.33. The maximum absolute atomic E-state index is 6.23. The van der Waals surface area contributed by atoms with E-state index in [-0.39, 0.29) is 0 Å². The van der Waals surface area contributed by atoms with Crippen molar-refractivity contribution < 1.29 is 0 Å². The van der Waals surface area contributed by atoms with Gasteiger partial charge in [0.1, 0.15) is 5.84 Å². The Bertz CT molecular complexity index is 2780. The second-order valence-electron chi connectivity index (χ2n) is 12.6. The lowest BCUT2D eigenvalue weighted by Gasteiger charge is -2.11. The van der Waals surface area contributed by atoms with Gasteiger partial charge in [-0.2, -0.15) is 12.2 Å². The standard InChI is InChI=1S/C46H34N4.H3PS/c1-2-27-48-46(47)35-12-10-11-32(28-35)31-19-23-37(24-20-31)50-43-18-9-7-16-39(43)41-30-34(22-26-45(41)50)33-21-25-44-40(29-33)38-15-6-8-17-42(38)49(44)36-13-4-3-5-14-36;1-2/h2-30H,1H3,(H2,47,48);2H,1H2/b27-2-;. The monoisotopic (exact) mass is 708 g/mol. The smallest absolute Gasteiger partial charge is 0.130 e. The van der Waals surface area contributed by atoms with Gasteiger partial charge in [-0.05, 0) is 95.9 Å². The molecule has 52 heavy (non-hydrogen) atoms. The van der Waals surface area contributed by atoms with Crippen LogP contribution in [0.5, 0.6) is 0 Å². The lowest BCUT2D eigenvalue weighted by molar-refractivity contribution is 1.18. The van der Waals surface area contributed by atoms with Crippen molar-refractivity contribution in [2.75, 3.05) is 0 Å². The minimum absolute atomic E-state index is 0.505. The molecule has 0 radical (unpaired) electrons. The Hall–Kier alpha value is -5.87. The molecule has 2 N–H and O–H groups in total. The van der Waals surface area contributed by atoms with E-state index in [0.29, 0.717) is 5.84 Å². The van der Waals surface area contributed by atoms with E-state index < -0.39 is 0 Å². The maximum atomic E-state index is 6.23. The first-order valence-corrected chi connectivity index (χ1v) is 19.3. The summed E-state index contributed by atoms with van der Waals surface area (Å²) >= 11 is 3.44. The largest absolute Gasteiger partial charge is 0.383 e. The van der Waals surface area contributed by atoms with Gasteiger partial charge in [0.05, 0.1) is 22.1 Å². The minimum Gasteiger partial charge on any atom is -0.383 e. The van der Waals surface area contributed by atoms with Gasteiger partial charge >= 0.3 is 0 Å². The average Bonchev–Trinajstić information content (AvgIpc) is 3.73. The fourth-order valence-corrected chi connectivity index (χ4v) is 7.33. The number of allylic oxidation sites excluding steroid dienone is 1. The van der Waals surface area contributed by atoms with Crippen LogP contribution in [0, 0.1) is 0 Å². The van der Waals surface area contributed by atoms with E-state index in [9.17, 15) is 0 Å². The molecular weight excluding hydrogens is 672 g/mol. The van der Waals surface area contributed by atoms with Gasteiger partial charge in [0.25, 0.3) is 0 Å². The van der Waals surface area contributed by atoms with Gasteiger partial charge in [-0.3, -0.25) is 0 Å². The van der Waals surface area contributed by atoms with Crippen molar-refractivity contribution >= 4 is 70.1 Å². The third kappa shape index (κ3) is 5.88. The third-order valence-corrected chi connectivity index (χ3v) is 9.67. The third-order valence-electron chi connectivity index (χ3n) is 9.67. The number of para-hydroxylation sites is 3. The molecule has 0 fully saturated rings. The molecule has 1 atom stereocenters. The molecule has 0 aliphatic carbocycles. The van der Waals surface area contributed by atoms with Crippen molar-refractivity contribution in [1.82, 2.24) is 9.13 Å². The van der Waals surface area contributed by atoms with Crippen LogP contribution in [0.4, 0.5) is 0 Å². The molecule has 1 unspecified atom stereocenters. The molecule has 0 bridgehead atoms. The summed E-state index contributed by atoms with van der Waals surface area (Å²) in [5.41, 5.74) is 18.8. The molecule has 4 nitrogen and oxygen atoms in total. The summed E-state index contributed by atoms with van der Waals surface area (Å²) in [6.45, 7) is 1.93. The molecular formula is C46H37N4PS. The summed E-state index contributed by atoms with van der Waals surface area (Å²) in [6.07, 6.45) is 3.59. The zero-order valence-corrected chi connectivity index (χ0v) is 30.7. The second-order valence-corrected chi connectivity index (χ2v) is 12.6. The highest BCUT2D eigenvalue weighted by atomic mass is 32.7. The zero-order valence-electron chi connectivity index (χ0n) is 28.7. The first-order chi connectivity index (χ1) is 25.7. The van der Waals surface area contributed by atoms with Crippen LogP contribution in [0.25, 0.3) is 77.2 Å². The number of thiol groups is 1. The van der Waals surface area contributed by atoms with Gasteiger partial charge < -0.3 is 14.9 Å². The number of aromatic nitrogens is 2. The first kappa shape index (κ1) is 33.3. The van der Waals surface area contributed by atoms with Crippen LogP contribution >= 0.6 is 20.7 Å². The van der Waals surface area contributed by atoms with Gasteiger partial charge in [-0.25, -0.2) is 4.99 Å². The predicted molar refractivity (Wildman–Crippen MR) is 230 cm³/mol. The molecule has 0 amide bonds. The van der Waals surface area contributed by atoms with Gasteiger partial charge in [0.15, 0.2) is 0 Å². The molecule has 0 spiro atoms. The highest BCUT2D eigenvalue weighted by molar-refractivity contribution is 8.31. The van der Waals surface area contributed by atoms with Crippen molar-refractivity contribution in [2.45, 2.75) is 6.92 Å². The van der Waals surface area contributed by atoms with E-state index in [1.807, 2.05) is 25.1 Å². The van der Waals surface area contributed by atoms with Crippen molar-refractivity contribution in [2.24, 2.45) is 10.7 Å². The lowest BCUT2D eigenvalue weighted by Crippen LogP contribution is -2.12. The van der Waals surface area contributed by atoms with Crippen molar-refractivity contribution in [3.05, 3.63) is 182 Å². The van der Waals surface area contributed by atoms with Crippen molar-refractivity contribution in [3.63, 3.8) is 0 Å². The Morgan fingerprint density at radius 3 is 1.56 bits per heavy atom. The van der Waals surface area contributed by atoms with E-state index in [0.717, 1.165) is 22.4 Å². The highest BCUT2D eigenvalue weighted by Gasteiger charge is 2.16. The van der Waals surface area contributed by atoms with Crippen LogP contribution in [0.1, 0.15) is 12.5 Å². The minimum atomic E-state index is 0.505. The average molecular weight is 709 g/mol. The summed E-state index contributed by atoms with van der Waals surface area (Å²) in [5, 5.41) is 4.98. The number of nitrogens with zero attached hydrogens (tertiary/aromatic N) is 3. The predicted octanol–water partition coefficient (Wildman–Crippen LogP) is 12.2. The number of rotatable bonds is 6. The quantitative estimate of drug-likeness (QED) is 0.0768. The molecule has 2 heterocycles. The number of hydrogen-bond acceptors (Lipinski definition) is 2. The van der Waals surface area contributed by atoms with Crippen LogP contribution in [-0.4, -0.2) is 15.0 Å². The highest BCUT2D eigenvalue weighted by Crippen LogP contribution is 2.38. The van der Waals surface area contributed by atoms with Crippen LogP contribution in [0.2, 0.25) is 0 Å². The van der Waals surface area contributed by atoms with Gasteiger partial charge in [0, 0.05) is 44.7 Å². The number of nitrogens with two attached hydrogens (primary N) is 1. The molecule has 2 aromatic heterocycles. The van der Waals surface area contributed by atoms with Crippen molar-refractivity contribution in [3.8, 4) is 33.6 Å². The maximum Gasteiger partial charge on any atom is 0.130 e. The topological polar surface area (TPSA) is 48.2 Å². The fraction of sp³-hybridized carbons (Fsp3) is 0.0217. The molecule has 9 rings (SSSR count). The molecule has 252 valence electrons. The van der Waals surface area contributed by atoms with E-state index in [1.54, 1.807) is 6.20 Å². The normalized spacial score (nSPS) is 11.9. The molecule has 0 saturated carbocycles. The molecule has 0 aliphatic heterocycles. The van der Waals surface area contributed by atoms with E-state index in [4.69, 9.17) is 5.73 Å². The molecule has 7 aromatic carbocycles. The Kier molecular flexibility index (Phi) is 9.22. The second kappa shape index (κ2) is 14.4. The Labute approximate surface area is 310 Å². The molecule has 0 saturated heterocycles. The van der Waals surface area contributed by atoms with Crippen LogP contribution in [0.15, 0.2) is 181 Å². The van der Waals surface area contributed by atoms with Crippen LogP contribution in [0.3, 0.4) is 0 Å². The van der Waals surface area contributed by atoms with Gasteiger partial charge in [0.2, 0.25) is 0 Å². The number of aliphatic imine (C=N–C) groups is 1. The number of hydrogen-bond donors (Lipinski definition) is 2. The Balaban J connectivity index is 0.00000190. The fourth-order valence-electron chi connectivity index (χ4n) is 7.33. The van der Waals surface area contributed by atoms with Crippen LogP contribution < -0.4 is 5.73 Å². The van der Waals surface area contributed by atoms with E-state index in [1.165, 1.54) is 60.4 Å². The van der Waals surface area contributed by atoms with Crippen molar-refractivity contribution in [1.29, 1.82) is 0 Å². The zero-order chi connectivity index (χ0) is 35.6. The molecule has 6 heteroatoms. The Morgan fingerprint density at radius 1 is 0.500 bits per heavy atom. The summed E-state index contributed by atoms with van der Waals surface area (Å²) in [5.74, 6) is 0.505. The SMILES string of the molecule is C/C=C\N=C(N)c1cccc(-c2ccc(-n3c4ccccc4c4cc(-c5ccc6c(c5)c5ccccc5n6-c5ccccc5)ccc43)cc2)c1.PS. The lowest BCUT2D eigenvalue weighted by atomic mass is 10.0. The summed E-state index contributed by atoms with van der Waals surface area (Å²) in [7, 11) is 2.11. The number of amidine groups is 1. The van der Waals surface area contributed by atoms with E-state index in [2.05, 4.69) is 186 Å². The molecule has 9 aromatic rings. The molecule has 0 aliphatic rings. The van der Waals surface area contributed by atoms with Gasteiger partial charge in [-0.1, -0.05) is 112 Å². The first-order valence-electron chi connectivity index (χ1n) is 17.2. The van der Waals surface area contributed by atoms with Gasteiger partial charge in [-0.15, -0.1) is 0 Å². The number of benzene rings is 7. The van der Waals surface area contributed by atoms with Crippen LogP contribution in [-0.2, 0) is 0 Å². The Morgan fingerprint density at radius 2 is 0.981 bits per heavy atom. The summed E-state index contributed by atoms with van der Waals surface area (Å²) < 4.78 is 4.73. The van der Waals surface area contributed by atoms with E-state index >= 15 is 0 Å².